The first-order chi connectivity index (χ1) is 9.30. The van der Waals surface area contributed by atoms with Crippen molar-refractivity contribution in [1.82, 2.24) is 5.32 Å². The predicted octanol–water partition coefficient (Wildman–Crippen LogP) is 2.78. The minimum atomic E-state index is -0.999. The molecular formula is C15H21NO3S. The monoisotopic (exact) mass is 295 g/mol. The van der Waals surface area contributed by atoms with E-state index in [-0.39, 0.29) is 5.91 Å². The third-order valence-electron chi connectivity index (χ3n) is 2.76. The lowest BCUT2D eigenvalue weighted by atomic mass is 9.87. The van der Waals surface area contributed by atoms with Gasteiger partial charge in [-0.05, 0) is 17.5 Å². The molecule has 1 amide bonds. The zero-order chi connectivity index (χ0) is 15.2. The third-order valence-corrected chi connectivity index (χ3v) is 3.77. The zero-order valence-corrected chi connectivity index (χ0v) is 12.9. The maximum absolute atomic E-state index is 11.8. The summed E-state index contributed by atoms with van der Waals surface area (Å²) < 4.78 is 0. The third kappa shape index (κ3) is 5.65. The van der Waals surface area contributed by atoms with Crippen LogP contribution < -0.4 is 5.32 Å². The van der Waals surface area contributed by atoms with Gasteiger partial charge in [-0.25, -0.2) is 4.79 Å². The van der Waals surface area contributed by atoms with Gasteiger partial charge in [-0.2, -0.15) is 0 Å². The van der Waals surface area contributed by atoms with Crippen molar-refractivity contribution in [2.75, 3.05) is 5.75 Å². The second-order valence-electron chi connectivity index (χ2n) is 5.62. The minimum absolute atomic E-state index is 0.226. The molecule has 0 bridgehead atoms. The van der Waals surface area contributed by atoms with Crippen molar-refractivity contribution in [3.63, 3.8) is 0 Å². The van der Waals surface area contributed by atoms with Crippen LogP contribution in [0.3, 0.4) is 0 Å². The van der Waals surface area contributed by atoms with E-state index in [1.807, 2.05) is 30.3 Å². The predicted molar refractivity (Wildman–Crippen MR) is 80.8 cm³/mol. The van der Waals surface area contributed by atoms with Gasteiger partial charge in [0.15, 0.2) is 0 Å². The summed E-state index contributed by atoms with van der Waals surface area (Å²) in [5, 5.41) is 11.7. The van der Waals surface area contributed by atoms with E-state index in [2.05, 4.69) is 5.32 Å². The van der Waals surface area contributed by atoms with Crippen molar-refractivity contribution >= 4 is 23.6 Å². The molecule has 0 aliphatic rings. The number of hydrogen-bond acceptors (Lipinski definition) is 3. The fourth-order valence-electron chi connectivity index (χ4n) is 1.66. The summed E-state index contributed by atoms with van der Waals surface area (Å²) in [6.45, 7) is 5.39. The highest BCUT2D eigenvalue weighted by molar-refractivity contribution is 7.99. The molecule has 0 heterocycles. The SMILES string of the molecule is CC(C)(C)[C@@H](NC(=O)CCSc1ccccc1)C(=O)O. The van der Waals surface area contributed by atoms with E-state index >= 15 is 0 Å². The lowest BCUT2D eigenvalue weighted by Crippen LogP contribution is -2.49. The second-order valence-corrected chi connectivity index (χ2v) is 6.78. The normalized spacial score (nSPS) is 12.8. The maximum atomic E-state index is 11.8. The molecule has 0 unspecified atom stereocenters. The van der Waals surface area contributed by atoms with Crippen molar-refractivity contribution in [3.8, 4) is 0 Å². The van der Waals surface area contributed by atoms with Gasteiger partial charge in [-0.15, -0.1) is 11.8 Å². The van der Waals surface area contributed by atoms with Crippen molar-refractivity contribution in [3.05, 3.63) is 30.3 Å². The molecule has 110 valence electrons. The molecule has 1 aromatic rings. The average molecular weight is 295 g/mol. The number of aliphatic carboxylic acids is 1. The molecule has 1 atom stereocenters. The molecule has 1 aromatic carbocycles. The molecule has 4 nitrogen and oxygen atoms in total. The summed E-state index contributed by atoms with van der Waals surface area (Å²) in [6.07, 6.45) is 0.305. The topological polar surface area (TPSA) is 66.4 Å². The molecular weight excluding hydrogens is 274 g/mol. The maximum Gasteiger partial charge on any atom is 0.326 e. The summed E-state index contributed by atoms with van der Waals surface area (Å²) in [5.41, 5.74) is -0.506. The van der Waals surface area contributed by atoms with Gasteiger partial charge in [0.2, 0.25) is 5.91 Å². The number of nitrogens with one attached hydrogen (secondary N) is 1. The van der Waals surface area contributed by atoms with Crippen molar-refractivity contribution < 1.29 is 14.7 Å². The quantitative estimate of drug-likeness (QED) is 0.792. The number of carbonyl (C=O) groups excluding carboxylic acids is 1. The first-order valence-electron chi connectivity index (χ1n) is 6.50. The summed E-state index contributed by atoms with van der Waals surface area (Å²) in [5.74, 6) is -0.593. The molecule has 0 radical (unpaired) electrons. The molecule has 0 aliphatic heterocycles. The summed E-state index contributed by atoms with van der Waals surface area (Å²) in [7, 11) is 0. The Kier molecular flexibility index (Phi) is 6.07. The Morgan fingerprint density at radius 3 is 2.35 bits per heavy atom. The van der Waals surface area contributed by atoms with E-state index in [4.69, 9.17) is 5.11 Å². The number of carboxylic acids is 1. The minimum Gasteiger partial charge on any atom is -0.480 e. The van der Waals surface area contributed by atoms with Crippen LogP contribution in [0, 0.1) is 5.41 Å². The molecule has 20 heavy (non-hydrogen) atoms. The van der Waals surface area contributed by atoms with Crippen LogP contribution in [0.1, 0.15) is 27.2 Å². The van der Waals surface area contributed by atoms with Crippen molar-refractivity contribution in [2.45, 2.75) is 38.1 Å². The zero-order valence-electron chi connectivity index (χ0n) is 12.1. The number of amides is 1. The van der Waals surface area contributed by atoms with Crippen LogP contribution >= 0.6 is 11.8 Å². The van der Waals surface area contributed by atoms with Crippen molar-refractivity contribution in [2.24, 2.45) is 5.41 Å². The van der Waals surface area contributed by atoms with Gasteiger partial charge in [0.1, 0.15) is 6.04 Å². The molecule has 2 N–H and O–H groups in total. The van der Waals surface area contributed by atoms with Gasteiger partial charge in [-0.1, -0.05) is 39.0 Å². The van der Waals surface area contributed by atoms with Gasteiger partial charge in [0.25, 0.3) is 0 Å². The van der Waals surface area contributed by atoms with Gasteiger partial charge < -0.3 is 10.4 Å². The second kappa shape index (κ2) is 7.33. The number of benzene rings is 1. The number of carbonyl (C=O) groups is 2. The lowest BCUT2D eigenvalue weighted by Gasteiger charge is -2.27. The van der Waals surface area contributed by atoms with Crippen LogP contribution in [0.2, 0.25) is 0 Å². The first kappa shape index (κ1) is 16.6. The molecule has 1 rings (SSSR count). The molecule has 0 aliphatic carbocycles. The highest BCUT2D eigenvalue weighted by atomic mass is 32.2. The van der Waals surface area contributed by atoms with Crippen LogP contribution in [-0.4, -0.2) is 28.8 Å². The van der Waals surface area contributed by atoms with Crippen LogP contribution in [0.25, 0.3) is 0 Å². The molecule has 5 heteroatoms. The summed E-state index contributed by atoms with van der Waals surface area (Å²) in [4.78, 5) is 24.1. The van der Waals surface area contributed by atoms with Gasteiger partial charge in [-0.3, -0.25) is 4.79 Å². The van der Waals surface area contributed by atoms with Crippen LogP contribution in [0.5, 0.6) is 0 Å². The highest BCUT2D eigenvalue weighted by Crippen LogP contribution is 2.20. The average Bonchev–Trinajstić information content (AvgIpc) is 2.35. The Morgan fingerprint density at radius 1 is 1.25 bits per heavy atom. The Hall–Kier alpha value is -1.49. The van der Waals surface area contributed by atoms with Crippen LogP contribution in [-0.2, 0) is 9.59 Å². The standard InChI is InChI=1S/C15H21NO3S/c1-15(2,3)13(14(18)19)16-12(17)9-10-20-11-7-5-4-6-8-11/h4-8,13H,9-10H2,1-3H3,(H,16,17)(H,18,19)/t13-/m0/s1. The van der Waals surface area contributed by atoms with E-state index in [9.17, 15) is 9.59 Å². The molecule has 0 saturated carbocycles. The van der Waals surface area contributed by atoms with Crippen LogP contribution in [0.4, 0.5) is 0 Å². The van der Waals surface area contributed by atoms with Gasteiger partial charge in [0.05, 0.1) is 0 Å². The van der Waals surface area contributed by atoms with E-state index in [1.165, 1.54) is 0 Å². The van der Waals surface area contributed by atoms with E-state index in [0.29, 0.717) is 12.2 Å². The lowest BCUT2D eigenvalue weighted by molar-refractivity contribution is -0.144. The summed E-state index contributed by atoms with van der Waals surface area (Å²) >= 11 is 1.58. The fraction of sp³-hybridized carbons (Fsp3) is 0.467. The molecule has 0 fully saturated rings. The Labute approximate surface area is 124 Å². The Morgan fingerprint density at radius 2 is 1.85 bits per heavy atom. The van der Waals surface area contributed by atoms with E-state index < -0.39 is 17.4 Å². The highest BCUT2D eigenvalue weighted by Gasteiger charge is 2.32. The number of rotatable bonds is 6. The van der Waals surface area contributed by atoms with Gasteiger partial charge >= 0.3 is 5.97 Å². The molecule has 0 saturated heterocycles. The molecule has 0 spiro atoms. The Balaban J connectivity index is 2.41. The number of carboxylic acid groups (broad SMARTS) is 1. The molecule has 0 aromatic heterocycles. The van der Waals surface area contributed by atoms with E-state index in [1.54, 1.807) is 32.5 Å². The first-order valence-corrected chi connectivity index (χ1v) is 7.49. The largest absolute Gasteiger partial charge is 0.480 e. The smallest absolute Gasteiger partial charge is 0.326 e. The van der Waals surface area contributed by atoms with Crippen LogP contribution in [0.15, 0.2) is 35.2 Å². The van der Waals surface area contributed by atoms with E-state index in [0.717, 1.165) is 4.90 Å². The number of thioether (sulfide) groups is 1. The van der Waals surface area contributed by atoms with Crippen molar-refractivity contribution in [1.29, 1.82) is 0 Å². The fourth-order valence-corrected chi connectivity index (χ4v) is 2.53. The Bertz CT molecular complexity index is 454. The number of hydrogen-bond donors (Lipinski definition) is 2. The van der Waals surface area contributed by atoms with Gasteiger partial charge in [0, 0.05) is 17.1 Å². The summed E-state index contributed by atoms with van der Waals surface area (Å²) in [6, 6.07) is 8.94.